The molecule has 24 heavy (non-hydrogen) atoms. The molecule has 0 fully saturated rings. The molecule has 3 rings (SSSR count). The third kappa shape index (κ3) is 3.95. The van der Waals surface area contributed by atoms with Gasteiger partial charge in [0.05, 0.1) is 22.5 Å². The van der Waals surface area contributed by atoms with E-state index in [0.29, 0.717) is 24.2 Å². The second-order valence-corrected chi connectivity index (χ2v) is 5.21. The highest BCUT2D eigenvalue weighted by atomic mass is 16.4. The number of rotatable bonds is 6. The van der Waals surface area contributed by atoms with Crippen molar-refractivity contribution in [2.24, 2.45) is 5.73 Å². The highest BCUT2D eigenvalue weighted by Crippen LogP contribution is 2.32. The molecule has 5 nitrogen and oxygen atoms in total. The zero-order chi connectivity index (χ0) is 17.7. The van der Waals surface area contributed by atoms with Gasteiger partial charge in [-0.25, -0.2) is 4.79 Å². The van der Waals surface area contributed by atoms with E-state index >= 15 is 0 Å². The van der Waals surface area contributed by atoms with Gasteiger partial charge in [0.25, 0.3) is 5.91 Å². The largest absolute Gasteiger partial charge is 0.478 e. The summed E-state index contributed by atoms with van der Waals surface area (Å²) in [5, 5.41) is 9.07. The van der Waals surface area contributed by atoms with Crippen LogP contribution in [-0.2, 0) is 12.8 Å². The lowest BCUT2D eigenvalue weighted by molar-refractivity contribution is 0.0695. The van der Waals surface area contributed by atoms with Gasteiger partial charge in [-0.1, -0.05) is 30.4 Å². The molecular formula is C19H18N2O3. The highest BCUT2D eigenvalue weighted by Gasteiger charge is 2.17. The summed E-state index contributed by atoms with van der Waals surface area (Å²) in [6.07, 6.45) is 3.79. The van der Waals surface area contributed by atoms with Gasteiger partial charge < -0.3 is 10.8 Å². The number of allylic oxidation sites excluding steroid dienone is 2. The lowest BCUT2D eigenvalue weighted by atomic mass is 10.0. The van der Waals surface area contributed by atoms with Gasteiger partial charge in [0.15, 0.2) is 0 Å². The van der Waals surface area contributed by atoms with E-state index in [1.54, 1.807) is 12.2 Å². The van der Waals surface area contributed by atoms with Gasteiger partial charge in [0.1, 0.15) is 0 Å². The molecule has 2 aliphatic rings. The maximum atomic E-state index is 11.3. The Balaban J connectivity index is 0.000000282. The average Bonchev–Trinajstić information content (AvgIpc) is 3.14. The van der Waals surface area contributed by atoms with E-state index in [1.165, 1.54) is 17.2 Å². The molecule has 1 aromatic rings. The number of benzene rings is 1. The second kappa shape index (κ2) is 7.37. The van der Waals surface area contributed by atoms with Gasteiger partial charge in [0.2, 0.25) is 0 Å². The van der Waals surface area contributed by atoms with Crippen LogP contribution in [0.2, 0.25) is 0 Å². The van der Waals surface area contributed by atoms with E-state index in [9.17, 15) is 9.59 Å². The molecule has 0 saturated carbocycles. The highest BCUT2D eigenvalue weighted by molar-refractivity contribution is 5.97. The topological polar surface area (TPSA) is 93.3 Å². The van der Waals surface area contributed by atoms with Crippen molar-refractivity contribution in [3.8, 4) is 11.1 Å². The fraction of sp³-hybridized carbons (Fsp3) is 0.105. The molecule has 0 saturated heterocycles. The number of fused-ring (bicyclic) bond motifs is 1. The SMILES string of the molecule is C=CCc1nc(CC=C)c(C(=O)O)cc1C(N)=O.c1cc2cc-2c1. The maximum Gasteiger partial charge on any atom is 0.337 e. The summed E-state index contributed by atoms with van der Waals surface area (Å²) in [4.78, 5) is 26.5. The predicted molar refractivity (Wildman–Crippen MR) is 93.0 cm³/mol. The number of carbonyl (C=O) groups is 2. The molecule has 122 valence electrons. The molecule has 3 N–H and O–H groups in total. The number of carboxylic acids is 1. The average molecular weight is 322 g/mol. The predicted octanol–water partition coefficient (Wildman–Crippen LogP) is 3.00. The molecule has 2 aliphatic carbocycles. The number of nitrogens with zero attached hydrogens (tertiary/aromatic N) is 1. The van der Waals surface area contributed by atoms with Crippen LogP contribution in [0.25, 0.3) is 11.1 Å². The summed E-state index contributed by atoms with van der Waals surface area (Å²) in [6.45, 7) is 7.11. The molecule has 0 bridgehead atoms. The molecule has 0 atom stereocenters. The Kier molecular flexibility index (Phi) is 5.27. The van der Waals surface area contributed by atoms with Crippen LogP contribution >= 0.6 is 0 Å². The number of pyridine rings is 1. The first-order chi connectivity index (χ1) is 11.5. The molecule has 1 amide bonds. The number of primary amides is 1. The first-order valence-electron chi connectivity index (χ1n) is 7.36. The van der Waals surface area contributed by atoms with Crippen LogP contribution < -0.4 is 5.73 Å². The van der Waals surface area contributed by atoms with Gasteiger partial charge in [-0.15, -0.1) is 13.2 Å². The van der Waals surface area contributed by atoms with Crippen LogP contribution in [0.3, 0.4) is 0 Å². The van der Waals surface area contributed by atoms with Gasteiger partial charge in [-0.3, -0.25) is 9.78 Å². The molecule has 0 aliphatic heterocycles. The monoisotopic (exact) mass is 322 g/mol. The zero-order valence-electron chi connectivity index (χ0n) is 13.2. The van der Waals surface area contributed by atoms with E-state index in [2.05, 4.69) is 42.4 Å². The maximum absolute atomic E-state index is 11.3. The summed E-state index contributed by atoms with van der Waals surface area (Å²) in [7, 11) is 0. The van der Waals surface area contributed by atoms with Crippen molar-refractivity contribution in [1.29, 1.82) is 0 Å². The van der Waals surface area contributed by atoms with Crippen molar-refractivity contribution in [3.63, 3.8) is 0 Å². The van der Waals surface area contributed by atoms with Gasteiger partial charge in [0, 0.05) is 12.8 Å². The Bertz CT molecular complexity index is 765. The lowest BCUT2D eigenvalue weighted by Gasteiger charge is -2.09. The third-order valence-corrected chi connectivity index (χ3v) is 3.46. The summed E-state index contributed by atoms with van der Waals surface area (Å²) in [5.74, 6) is -1.85. The molecule has 0 spiro atoms. The Morgan fingerprint density at radius 1 is 1.04 bits per heavy atom. The van der Waals surface area contributed by atoms with Crippen molar-refractivity contribution < 1.29 is 14.7 Å². The molecule has 0 radical (unpaired) electrons. The third-order valence-electron chi connectivity index (χ3n) is 3.46. The number of hydrogen-bond donors (Lipinski definition) is 2. The first kappa shape index (κ1) is 17.1. The van der Waals surface area contributed by atoms with Gasteiger partial charge in [-0.05, 0) is 23.3 Å². The number of aromatic carboxylic acids is 1. The van der Waals surface area contributed by atoms with Crippen molar-refractivity contribution >= 4 is 11.9 Å². The fourth-order valence-corrected chi connectivity index (χ4v) is 2.25. The van der Waals surface area contributed by atoms with E-state index < -0.39 is 11.9 Å². The second-order valence-electron chi connectivity index (χ2n) is 5.21. The lowest BCUT2D eigenvalue weighted by Crippen LogP contribution is -2.18. The van der Waals surface area contributed by atoms with Crippen LogP contribution in [0.15, 0.2) is 55.6 Å². The number of hydrogen-bond acceptors (Lipinski definition) is 3. The van der Waals surface area contributed by atoms with E-state index in [0.717, 1.165) is 0 Å². The van der Waals surface area contributed by atoms with Crippen molar-refractivity contribution in [2.75, 3.05) is 0 Å². The van der Waals surface area contributed by atoms with Crippen LogP contribution in [0.4, 0.5) is 0 Å². The molecule has 0 aromatic carbocycles. The summed E-state index contributed by atoms with van der Waals surface area (Å²) >= 11 is 0. The fourth-order valence-electron chi connectivity index (χ4n) is 2.25. The van der Waals surface area contributed by atoms with Crippen molar-refractivity contribution in [1.82, 2.24) is 4.98 Å². The number of amides is 1. The Labute approximate surface area is 140 Å². The molecular weight excluding hydrogens is 304 g/mol. The summed E-state index contributed by atoms with van der Waals surface area (Å²) in [5.41, 5.74) is 8.93. The number of aromatic nitrogens is 1. The Hall–Kier alpha value is -3.21. The van der Waals surface area contributed by atoms with Crippen LogP contribution in [0.5, 0.6) is 0 Å². The number of carboxylic acid groups (broad SMARTS) is 1. The molecule has 1 heterocycles. The number of nitrogens with two attached hydrogens (primary N) is 1. The van der Waals surface area contributed by atoms with E-state index in [4.69, 9.17) is 10.8 Å². The number of carbonyl (C=O) groups excluding carboxylic acids is 1. The zero-order valence-corrected chi connectivity index (χ0v) is 13.2. The minimum atomic E-state index is -1.15. The van der Waals surface area contributed by atoms with Crippen LogP contribution in [-0.4, -0.2) is 22.0 Å². The van der Waals surface area contributed by atoms with E-state index in [1.807, 2.05) is 0 Å². The summed E-state index contributed by atoms with van der Waals surface area (Å²) < 4.78 is 0. The molecule has 5 heteroatoms. The van der Waals surface area contributed by atoms with Crippen molar-refractivity contribution in [3.05, 3.63) is 78.2 Å². The van der Waals surface area contributed by atoms with Crippen LogP contribution in [0, 0.1) is 0 Å². The Morgan fingerprint density at radius 3 is 1.92 bits per heavy atom. The standard InChI is InChI=1S/C13H14N2O3.C6H4/c1-3-5-10-8(12(14)16)7-9(13(17)18)11(15-10)6-4-2;1-2-5-4-6(5)3-1/h3-4,7H,1-2,5-6H2,(H2,14,16)(H,17,18);1-4H. The normalized spacial score (nSPS) is 10.2. The Morgan fingerprint density at radius 2 is 1.58 bits per heavy atom. The van der Waals surface area contributed by atoms with E-state index in [-0.39, 0.29) is 11.1 Å². The minimum Gasteiger partial charge on any atom is -0.478 e. The molecule has 1 aromatic heterocycles. The quantitative estimate of drug-likeness (QED) is 0.682. The first-order valence-corrected chi connectivity index (χ1v) is 7.36. The smallest absolute Gasteiger partial charge is 0.337 e. The summed E-state index contributed by atoms with van der Waals surface area (Å²) in [6, 6.07) is 9.74. The van der Waals surface area contributed by atoms with Gasteiger partial charge in [-0.2, -0.15) is 0 Å². The van der Waals surface area contributed by atoms with Crippen LogP contribution in [0.1, 0.15) is 32.1 Å². The molecule has 0 unspecified atom stereocenters. The minimum absolute atomic E-state index is 0.0310. The van der Waals surface area contributed by atoms with Gasteiger partial charge >= 0.3 is 5.97 Å². The van der Waals surface area contributed by atoms with Crippen molar-refractivity contribution in [2.45, 2.75) is 12.8 Å².